The van der Waals surface area contributed by atoms with Crippen LogP contribution < -0.4 is 9.47 Å². The molecule has 19 heavy (non-hydrogen) atoms. The first kappa shape index (κ1) is 13.7. The van der Waals surface area contributed by atoms with Crippen LogP contribution in [-0.2, 0) is 11.2 Å². The summed E-state index contributed by atoms with van der Waals surface area (Å²) < 4.78 is 10.7. The lowest BCUT2D eigenvalue weighted by Gasteiger charge is -2.30. The second kappa shape index (κ2) is 5.51. The third-order valence-corrected chi connectivity index (χ3v) is 3.81. The molecule has 0 bridgehead atoms. The summed E-state index contributed by atoms with van der Waals surface area (Å²) in [6, 6.07) is 3.90. The van der Waals surface area contributed by atoms with Crippen molar-refractivity contribution in [1.82, 2.24) is 0 Å². The van der Waals surface area contributed by atoms with Gasteiger partial charge >= 0.3 is 5.97 Å². The van der Waals surface area contributed by atoms with Crippen LogP contribution in [-0.4, -0.2) is 25.3 Å². The fraction of sp³-hybridized carbons (Fsp3) is 0.533. The highest BCUT2D eigenvalue weighted by atomic mass is 16.5. The van der Waals surface area contributed by atoms with Crippen molar-refractivity contribution >= 4 is 5.97 Å². The number of ether oxygens (including phenoxy) is 2. The zero-order valence-electron chi connectivity index (χ0n) is 11.6. The van der Waals surface area contributed by atoms with Crippen molar-refractivity contribution in [2.45, 2.75) is 32.1 Å². The Kier molecular flexibility index (Phi) is 3.98. The maximum absolute atomic E-state index is 10.9. The number of benzene rings is 1. The molecule has 1 aromatic carbocycles. The van der Waals surface area contributed by atoms with Crippen molar-refractivity contribution in [3.8, 4) is 11.5 Å². The van der Waals surface area contributed by atoms with E-state index in [1.54, 1.807) is 14.2 Å². The Labute approximate surface area is 113 Å². The molecule has 0 fully saturated rings. The number of rotatable bonds is 4. The van der Waals surface area contributed by atoms with Gasteiger partial charge in [0.15, 0.2) is 0 Å². The first-order valence-electron chi connectivity index (χ1n) is 6.51. The highest BCUT2D eigenvalue weighted by Gasteiger charge is 2.29. The van der Waals surface area contributed by atoms with Crippen LogP contribution in [0.5, 0.6) is 11.5 Å². The molecule has 1 aliphatic rings. The van der Waals surface area contributed by atoms with Gasteiger partial charge in [-0.05, 0) is 36.3 Å². The van der Waals surface area contributed by atoms with Crippen LogP contribution in [0.3, 0.4) is 0 Å². The molecular weight excluding hydrogens is 244 g/mol. The van der Waals surface area contributed by atoms with Crippen LogP contribution in [0.15, 0.2) is 12.1 Å². The van der Waals surface area contributed by atoms with Gasteiger partial charge in [-0.3, -0.25) is 4.79 Å². The van der Waals surface area contributed by atoms with Gasteiger partial charge in [0.2, 0.25) is 0 Å². The number of fused-ring (bicyclic) bond motifs is 1. The molecular formula is C15H20O4. The third kappa shape index (κ3) is 2.83. The molecule has 0 radical (unpaired) electrons. The molecule has 4 heteroatoms. The second-order valence-corrected chi connectivity index (χ2v) is 5.21. The molecule has 0 amide bonds. The third-order valence-electron chi connectivity index (χ3n) is 3.81. The zero-order chi connectivity index (χ0) is 14.0. The van der Waals surface area contributed by atoms with E-state index in [2.05, 4.69) is 6.92 Å². The highest BCUT2D eigenvalue weighted by Crippen LogP contribution is 2.43. The first-order chi connectivity index (χ1) is 9.05. The van der Waals surface area contributed by atoms with Gasteiger partial charge in [-0.15, -0.1) is 0 Å². The summed E-state index contributed by atoms with van der Waals surface area (Å²) >= 11 is 0. The minimum atomic E-state index is -0.726. The number of methoxy groups -OCH3 is 2. The topological polar surface area (TPSA) is 55.8 Å². The van der Waals surface area contributed by atoms with E-state index >= 15 is 0 Å². The number of hydrogen-bond donors (Lipinski definition) is 1. The highest BCUT2D eigenvalue weighted by molar-refractivity contribution is 5.67. The van der Waals surface area contributed by atoms with Crippen LogP contribution in [0.25, 0.3) is 0 Å². The minimum Gasteiger partial charge on any atom is -0.497 e. The quantitative estimate of drug-likeness (QED) is 0.908. The van der Waals surface area contributed by atoms with Crippen LogP contribution in [0.2, 0.25) is 0 Å². The molecule has 4 nitrogen and oxygen atoms in total. The van der Waals surface area contributed by atoms with Crippen LogP contribution in [0.1, 0.15) is 36.8 Å². The molecule has 1 aliphatic carbocycles. The number of aliphatic carboxylic acids is 1. The molecule has 0 saturated heterocycles. The molecule has 0 aromatic heterocycles. The number of carbonyl (C=O) groups is 1. The van der Waals surface area contributed by atoms with Crippen molar-refractivity contribution in [2.24, 2.45) is 5.92 Å². The number of carboxylic acid groups (broad SMARTS) is 1. The summed E-state index contributed by atoms with van der Waals surface area (Å²) in [5, 5.41) is 8.95. The van der Waals surface area contributed by atoms with E-state index in [0.717, 1.165) is 29.9 Å². The van der Waals surface area contributed by atoms with Crippen LogP contribution >= 0.6 is 0 Å². The lowest BCUT2D eigenvalue weighted by molar-refractivity contribution is -0.138. The molecule has 0 aliphatic heterocycles. The second-order valence-electron chi connectivity index (χ2n) is 5.21. The van der Waals surface area contributed by atoms with Crippen LogP contribution in [0.4, 0.5) is 0 Å². The monoisotopic (exact) mass is 264 g/mol. The first-order valence-corrected chi connectivity index (χ1v) is 6.51. The Morgan fingerprint density at radius 2 is 2.11 bits per heavy atom. The normalized spacial score (nSPS) is 21.6. The van der Waals surface area contributed by atoms with Crippen molar-refractivity contribution in [2.75, 3.05) is 14.2 Å². The van der Waals surface area contributed by atoms with Crippen molar-refractivity contribution in [3.05, 3.63) is 23.3 Å². The Bertz CT molecular complexity index is 481. The summed E-state index contributed by atoms with van der Waals surface area (Å²) in [5.74, 6) is 1.38. The van der Waals surface area contributed by atoms with Gasteiger partial charge in [0, 0.05) is 18.1 Å². The molecule has 1 N–H and O–H groups in total. The van der Waals surface area contributed by atoms with Gasteiger partial charge in [-0.25, -0.2) is 0 Å². The molecule has 104 valence electrons. The lowest BCUT2D eigenvalue weighted by atomic mass is 9.76. The van der Waals surface area contributed by atoms with E-state index in [1.807, 2.05) is 12.1 Å². The zero-order valence-corrected chi connectivity index (χ0v) is 11.6. The predicted octanol–water partition coefficient (Wildman–Crippen LogP) is 2.84. The molecule has 1 aromatic rings. The molecule has 0 saturated carbocycles. The van der Waals surface area contributed by atoms with E-state index in [0.29, 0.717) is 5.92 Å². The average molecular weight is 264 g/mol. The van der Waals surface area contributed by atoms with Crippen molar-refractivity contribution in [1.29, 1.82) is 0 Å². The van der Waals surface area contributed by atoms with Gasteiger partial charge in [-0.2, -0.15) is 0 Å². The fourth-order valence-corrected chi connectivity index (χ4v) is 3.09. The average Bonchev–Trinajstić information content (AvgIpc) is 2.36. The van der Waals surface area contributed by atoms with Crippen molar-refractivity contribution in [3.63, 3.8) is 0 Å². The van der Waals surface area contributed by atoms with Gasteiger partial charge in [0.25, 0.3) is 0 Å². The standard InChI is InChI=1S/C15H20O4/c1-9-4-10(6-14(16)17)5-11-7-12(18-2)8-13(19-3)15(9)11/h7-10H,4-6H2,1-3H3,(H,16,17)/t9-,10-/m0/s1. The molecule has 2 rings (SSSR count). The number of carboxylic acids is 1. The Morgan fingerprint density at radius 3 is 2.68 bits per heavy atom. The molecule has 0 spiro atoms. The largest absolute Gasteiger partial charge is 0.497 e. The summed E-state index contributed by atoms with van der Waals surface area (Å²) in [7, 11) is 3.28. The Balaban J connectivity index is 2.37. The van der Waals surface area contributed by atoms with E-state index in [1.165, 1.54) is 5.56 Å². The maximum Gasteiger partial charge on any atom is 0.303 e. The summed E-state index contributed by atoms with van der Waals surface area (Å²) in [6.45, 7) is 2.13. The van der Waals surface area contributed by atoms with Gasteiger partial charge in [0.05, 0.1) is 14.2 Å². The predicted molar refractivity (Wildman–Crippen MR) is 72.0 cm³/mol. The molecule has 2 atom stereocenters. The lowest BCUT2D eigenvalue weighted by Crippen LogP contribution is -2.20. The van der Waals surface area contributed by atoms with Gasteiger partial charge in [-0.1, -0.05) is 6.92 Å². The smallest absolute Gasteiger partial charge is 0.303 e. The van der Waals surface area contributed by atoms with E-state index in [-0.39, 0.29) is 12.3 Å². The summed E-state index contributed by atoms with van der Waals surface area (Å²) in [6.07, 6.45) is 1.89. The SMILES string of the molecule is COc1cc2c(c(OC)c1)[C@@H](C)C[C@H](CC(=O)O)C2. The summed E-state index contributed by atoms with van der Waals surface area (Å²) in [4.78, 5) is 10.9. The maximum atomic E-state index is 10.9. The molecule has 0 heterocycles. The summed E-state index contributed by atoms with van der Waals surface area (Å²) in [5.41, 5.74) is 2.35. The van der Waals surface area contributed by atoms with E-state index < -0.39 is 5.97 Å². The van der Waals surface area contributed by atoms with Gasteiger partial charge in [0.1, 0.15) is 11.5 Å². The van der Waals surface area contributed by atoms with E-state index in [4.69, 9.17) is 14.6 Å². The number of hydrogen-bond acceptors (Lipinski definition) is 3. The van der Waals surface area contributed by atoms with E-state index in [9.17, 15) is 4.79 Å². The Hall–Kier alpha value is -1.71. The molecule has 0 unspecified atom stereocenters. The van der Waals surface area contributed by atoms with Crippen molar-refractivity contribution < 1.29 is 19.4 Å². The Morgan fingerprint density at radius 1 is 1.37 bits per heavy atom. The fourth-order valence-electron chi connectivity index (χ4n) is 3.09. The van der Waals surface area contributed by atoms with Crippen LogP contribution in [0, 0.1) is 5.92 Å². The van der Waals surface area contributed by atoms with Gasteiger partial charge < -0.3 is 14.6 Å². The minimum absolute atomic E-state index is 0.191.